The molecule has 19 heavy (non-hydrogen) atoms. The maximum Gasteiger partial charge on any atom is 0.162 e. The Labute approximate surface area is 114 Å². The Morgan fingerprint density at radius 2 is 2.11 bits per heavy atom. The second-order valence-electron chi connectivity index (χ2n) is 4.90. The van der Waals surface area contributed by atoms with Crippen molar-refractivity contribution in [3.8, 4) is 5.75 Å². The molecule has 0 N–H and O–H groups in total. The average Bonchev–Trinajstić information content (AvgIpc) is 2.67. The first kappa shape index (κ1) is 13.7. The van der Waals surface area contributed by atoms with Crippen LogP contribution in [0, 0.1) is 6.92 Å². The van der Waals surface area contributed by atoms with Crippen molar-refractivity contribution in [1.29, 1.82) is 0 Å². The first-order valence-corrected chi connectivity index (χ1v) is 6.78. The zero-order chi connectivity index (χ0) is 14.0. The van der Waals surface area contributed by atoms with Crippen LogP contribution in [0.1, 0.15) is 42.7 Å². The van der Waals surface area contributed by atoms with Crippen molar-refractivity contribution in [2.75, 3.05) is 7.11 Å². The van der Waals surface area contributed by atoms with Crippen LogP contribution in [0.15, 0.2) is 18.2 Å². The molecule has 1 aromatic carbocycles. The van der Waals surface area contributed by atoms with Gasteiger partial charge in [0.25, 0.3) is 0 Å². The molecule has 0 aliphatic heterocycles. The Morgan fingerprint density at radius 3 is 2.68 bits per heavy atom. The quantitative estimate of drug-likeness (QED) is 0.761. The Hall–Kier alpha value is -1.77. The maximum absolute atomic E-state index is 11.9. The largest absolute Gasteiger partial charge is 0.497 e. The maximum atomic E-state index is 11.9. The summed E-state index contributed by atoms with van der Waals surface area (Å²) in [5, 5.41) is 1.00. The third-order valence-corrected chi connectivity index (χ3v) is 3.62. The van der Waals surface area contributed by atoms with Crippen molar-refractivity contribution < 1.29 is 9.53 Å². The number of hydrogen-bond donors (Lipinski definition) is 0. The van der Waals surface area contributed by atoms with Crippen molar-refractivity contribution in [3.05, 3.63) is 29.5 Å². The summed E-state index contributed by atoms with van der Waals surface area (Å²) < 4.78 is 7.51. The Balaban J connectivity index is 2.68. The number of ether oxygens (including phenoxy) is 1. The molecule has 3 nitrogen and oxygen atoms in total. The van der Waals surface area contributed by atoms with Gasteiger partial charge in [-0.3, -0.25) is 4.79 Å². The molecule has 0 spiro atoms. The molecule has 0 radical (unpaired) electrons. The molecule has 2 rings (SSSR count). The fourth-order valence-electron chi connectivity index (χ4n) is 2.64. The van der Waals surface area contributed by atoms with E-state index in [0.717, 1.165) is 47.3 Å². The Kier molecular flexibility index (Phi) is 3.93. The SMILES string of the molecule is CCCCn1c(C)c(C(C)=O)c2cc(OC)ccc21. The monoisotopic (exact) mass is 259 g/mol. The molecule has 1 heterocycles. The van der Waals surface area contributed by atoms with E-state index in [1.807, 2.05) is 25.1 Å². The van der Waals surface area contributed by atoms with Crippen LogP contribution >= 0.6 is 0 Å². The summed E-state index contributed by atoms with van der Waals surface area (Å²) in [5.41, 5.74) is 3.01. The van der Waals surface area contributed by atoms with E-state index in [9.17, 15) is 4.79 Å². The molecule has 0 saturated carbocycles. The molecule has 0 amide bonds. The highest BCUT2D eigenvalue weighted by Gasteiger charge is 2.17. The van der Waals surface area contributed by atoms with Crippen LogP contribution in [0.4, 0.5) is 0 Å². The van der Waals surface area contributed by atoms with Gasteiger partial charge in [0.2, 0.25) is 0 Å². The minimum Gasteiger partial charge on any atom is -0.497 e. The van der Waals surface area contributed by atoms with Crippen LogP contribution < -0.4 is 4.74 Å². The molecule has 3 heteroatoms. The van der Waals surface area contributed by atoms with E-state index >= 15 is 0 Å². The first-order chi connectivity index (χ1) is 9.10. The minimum atomic E-state index is 0.117. The number of hydrogen-bond acceptors (Lipinski definition) is 2. The lowest BCUT2D eigenvalue weighted by Gasteiger charge is -2.07. The highest BCUT2D eigenvalue weighted by molar-refractivity contribution is 6.08. The molecular formula is C16H21NO2. The number of aryl methyl sites for hydroxylation is 1. The number of benzene rings is 1. The van der Waals surface area contributed by atoms with Gasteiger partial charge < -0.3 is 9.30 Å². The summed E-state index contributed by atoms with van der Waals surface area (Å²) in [6.07, 6.45) is 2.26. The van der Waals surface area contributed by atoms with Gasteiger partial charge >= 0.3 is 0 Å². The lowest BCUT2D eigenvalue weighted by atomic mass is 10.1. The second kappa shape index (κ2) is 5.47. The number of carbonyl (C=O) groups is 1. The van der Waals surface area contributed by atoms with Crippen LogP contribution in [0.3, 0.4) is 0 Å². The third kappa shape index (κ3) is 2.37. The van der Waals surface area contributed by atoms with Gasteiger partial charge in [-0.25, -0.2) is 0 Å². The summed E-state index contributed by atoms with van der Waals surface area (Å²) in [7, 11) is 1.65. The molecule has 0 atom stereocenters. The molecule has 1 aromatic heterocycles. The van der Waals surface area contributed by atoms with Gasteiger partial charge in [0.15, 0.2) is 5.78 Å². The van der Waals surface area contributed by atoms with E-state index in [1.165, 1.54) is 0 Å². The van der Waals surface area contributed by atoms with E-state index in [2.05, 4.69) is 11.5 Å². The van der Waals surface area contributed by atoms with Crippen molar-refractivity contribution in [2.45, 2.75) is 40.2 Å². The number of methoxy groups -OCH3 is 1. The van der Waals surface area contributed by atoms with Crippen molar-refractivity contribution in [3.63, 3.8) is 0 Å². The molecular weight excluding hydrogens is 238 g/mol. The Bertz CT molecular complexity index is 611. The average molecular weight is 259 g/mol. The van der Waals surface area contributed by atoms with Crippen LogP contribution in [0.5, 0.6) is 5.75 Å². The number of unbranched alkanes of at least 4 members (excludes halogenated alkanes) is 1. The van der Waals surface area contributed by atoms with Crippen molar-refractivity contribution >= 4 is 16.7 Å². The number of Topliss-reactive ketones (excluding diaryl/α,β-unsaturated/α-hetero) is 1. The molecule has 0 bridgehead atoms. The van der Waals surface area contributed by atoms with Gasteiger partial charge in [-0.1, -0.05) is 13.3 Å². The van der Waals surface area contributed by atoms with E-state index in [-0.39, 0.29) is 5.78 Å². The van der Waals surface area contributed by atoms with E-state index in [0.29, 0.717) is 0 Å². The predicted molar refractivity (Wildman–Crippen MR) is 78.1 cm³/mol. The van der Waals surface area contributed by atoms with E-state index in [4.69, 9.17) is 4.74 Å². The van der Waals surface area contributed by atoms with E-state index < -0.39 is 0 Å². The summed E-state index contributed by atoms with van der Waals surface area (Å²) in [5.74, 6) is 0.911. The minimum absolute atomic E-state index is 0.117. The number of aromatic nitrogens is 1. The fourth-order valence-corrected chi connectivity index (χ4v) is 2.64. The third-order valence-electron chi connectivity index (χ3n) is 3.62. The normalized spacial score (nSPS) is 10.9. The molecule has 0 aliphatic rings. The van der Waals surface area contributed by atoms with Crippen LogP contribution in [0.25, 0.3) is 10.9 Å². The molecule has 2 aromatic rings. The fraction of sp³-hybridized carbons (Fsp3) is 0.438. The summed E-state index contributed by atoms with van der Waals surface area (Å²) >= 11 is 0. The van der Waals surface area contributed by atoms with Crippen LogP contribution in [-0.2, 0) is 6.54 Å². The van der Waals surface area contributed by atoms with Crippen LogP contribution in [0.2, 0.25) is 0 Å². The number of nitrogens with zero attached hydrogens (tertiary/aromatic N) is 1. The van der Waals surface area contributed by atoms with Crippen molar-refractivity contribution in [1.82, 2.24) is 4.57 Å². The van der Waals surface area contributed by atoms with E-state index in [1.54, 1.807) is 14.0 Å². The van der Waals surface area contributed by atoms with Gasteiger partial charge in [0, 0.05) is 28.7 Å². The molecule has 0 fully saturated rings. The standard InChI is InChI=1S/C16H21NO2/c1-5-6-9-17-11(2)16(12(3)18)14-10-13(19-4)7-8-15(14)17/h7-8,10H,5-6,9H2,1-4H3. The lowest BCUT2D eigenvalue weighted by Crippen LogP contribution is -2.02. The lowest BCUT2D eigenvalue weighted by molar-refractivity contribution is 0.101. The zero-order valence-electron chi connectivity index (χ0n) is 12.1. The number of rotatable bonds is 5. The summed E-state index contributed by atoms with van der Waals surface area (Å²) in [6.45, 7) is 6.79. The molecule has 0 aliphatic carbocycles. The van der Waals surface area contributed by atoms with Crippen LogP contribution in [-0.4, -0.2) is 17.5 Å². The van der Waals surface area contributed by atoms with Gasteiger partial charge in [-0.2, -0.15) is 0 Å². The smallest absolute Gasteiger partial charge is 0.162 e. The summed E-state index contributed by atoms with van der Waals surface area (Å²) in [6, 6.07) is 5.96. The highest BCUT2D eigenvalue weighted by Crippen LogP contribution is 2.30. The molecule has 0 saturated heterocycles. The van der Waals surface area contributed by atoms with Gasteiger partial charge in [-0.15, -0.1) is 0 Å². The highest BCUT2D eigenvalue weighted by atomic mass is 16.5. The summed E-state index contributed by atoms with van der Waals surface area (Å²) in [4.78, 5) is 11.9. The second-order valence-corrected chi connectivity index (χ2v) is 4.90. The topological polar surface area (TPSA) is 31.2 Å². The number of ketones is 1. The van der Waals surface area contributed by atoms with Crippen molar-refractivity contribution in [2.24, 2.45) is 0 Å². The first-order valence-electron chi connectivity index (χ1n) is 6.78. The molecule has 0 unspecified atom stereocenters. The van der Waals surface area contributed by atoms with Gasteiger partial charge in [0.1, 0.15) is 5.75 Å². The number of fused-ring (bicyclic) bond motifs is 1. The predicted octanol–water partition coefficient (Wildman–Crippen LogP) is 3.96. The number of carbonyl (C=O) groups excluding carboxylic acids is 1. The van der Waals surface area contributed by atoms with Gasteiger partial charge in [0.05, 0.1) is 7.11 Å². The molecule has 102 valence electrons. The van der Waals surface area contributed by atoms with Gasteiger partial charge in [-0.05, 0) is 38.5 Å². The Morgan fingerprint density at radius 1 is 1.37 bits per heavy atom. The zero-order valence-corrected chi connectivity index (χ0v) is 12.1.